The molecule has 0 aliphatic rings. The van der Waals surface area contributed by atoms with E-state index in [1.54, 1.807) is 47.5 Å². The van der Waals surface area contributed by atoms with Gasteiger partial charge in [-0.15, -0.1) is 5.10 Å². The predicted molar refractivity (Wildman–Crippen MR) is 107 cm³/mol. The Labute approximate surface area is 164 Å². The highest BCUT2D eigenvalue weighted by molar-refractivity contribution is 9.10. The fraction of sp³-hybridized carbons (Fsp3) is 0. The second kappa shape index (κ2) is 7.55. The third kappa shape index (κ3) is 3.80. The number of rotatable bonds is 5. The minimum Gasteiger partial charge on any atom is -0.465 e. The van der Waals surface area contributed by atoms with Crippen LogP contribution in [0.3, 0.4) is 0 Å². The third-order valence-electron chi connectivity index (χ3n) is 4.03. The van der Waals surface area contributed by atoms with Crippen molar-refractivity contribution in [3.8, 4) is 16.9 Å². The molecule has 0 N–H and O–H groups in total. The maximum atomic E-state index is 12.3. The maximum Gasteiger partial charge on any atom is 0.185 e. The Balaban J connectivity index is 1.57. The van der Waals surface area contributed by atoms with Crippen molar-refractivity contribution in [3.63, 3.8) is 0 Å². The molecule has 2 heterocycles. The molecule has 0 fully saturated rings. The number of aromatic nitrogens is 3. The van der Waals surface area contributed by atoms with E-state index in [-0.39, 0.29) is 5.78 Å². The molecule has 4 aromatic rings. The van der Waals surface area contributed by atoms with Gasteiger partial charge in [-0.3, -0.25) is 4.79 Å². The predicted octanol–water partition coefficient (Wildman–Crippen LogP) is 5.19. The first-order valence-electron chi connectivity index (χ1n) is 8.24. The average Bonchev–Trinajstić information content (AvgIpc) is 3.39. The van der Waals surface area contributed by atoms with Gasteiger partial charge in [-0.1, -0.05) is 33.3 Å². The molecule has 0 radical (unpaired) electrons. The highest BCUT2D eigenvalue weighted by Crippen LogP contribution is 2.23. The van der Waals surface area contributed by atoms with Crippen LogP contribution in [0.15, 0.2) is 88.1 Å². The number of allylic oxidation sites excluding steroid dienone is 1. The third-order valence-corrected chi connectivity index (χ3v) is 4.56. The number of halogens is 1. The molecule has 0 spiro atoms. The van der Waals surface area contributed by atoms with Crippen molar-refractivity contribution in [3.05, 3.63) is 95.0 Å². The Kier molecular flexibility index (Phi) is 4.80. The zero-order chi connectivity index (χ0) is 18.6. The normalized spacial score (nSPS) is 11.1. The van der Waals surface area contributed by atoms with Crippen LogP contribution < -0.4 is 0 Å². The molecule has 6 heteroatoms. The summed E-state index contributed by atoms with van der Waals surface area (Å²) < 4.78 is 7.95. The van der Waals surface area contributed by atoms with Crippen molar-refractivity contribution in [2.45, 2.75) is 0 Å². The lowest BCUT2D eigenvalue weighted by Gasteiger charge is -2.07. The van der Waals surface area contributed by atoms with Crippen molar-refractivity contribution in [2.75, 3.05) is 0 Å². The van der Waals surface area contributed by atoms with Crippen molar-refractivity contribution in [1.82, 2.24) is 15.0 Å². The first-order chi connectivity index (χ1) is 13.2. The van der Waals surface area contributed by atoms with Crippen LogP contribution in [0.4, 0.5) is 0 Å². The largest absolute Gasteiger partial charge is 0.465 e. The van der Waals surface area contributed by atoms with Gasteiger partial charge in [0.25, 0.3) is 0 Å². The van der Waals surface area contributed by atoms with Gasteiger partial charge in [0.05, 0.1) is 23.8 Å². The molecule has 0 saturated carbocycles. The van der Waals surface area contributed by atoms with Crippen molar-refractivity contribution in [2.24, 2.45) is 0 Å². The van der Waals surface area contributed by atoms with E-state index in [0.29, 0.717) is 11.3 Å². The summed E-state index contributed by atoms with van der Waals surface area (Å²) in [6, 6.07) is 18.8. The summed E-state index contributed by atoms with van der Waals surface area (Å²) in [7, 11) is 0. The molecule has 2 aromatic heterocycles. The summed E-state index contributed by atoms with van der Waals surface area (Å²) in [6.45, 7) is 0. The zero-order valence-electron chi connectivity index (χ0n) is 14.1. The fourth-order valence-corrected chi connectivity index (χ4v) is 2.91. The molecule has 0 amide bonds. The molecule has 5 nitrogen and oxygen atoms in total. The number of carbonyl (C=O) groups is 1. The summed E-state index contributed by atoms with van der Waals surface area (Å²) in [5, 5.41) is 8.20. The second-order valence-electron chi connectivity index (χ2n) is 5.80. The summed E-state index contributed by atoms with van der Waals surface area (Å²) >= 11 is 3.44. The van der Waals surface area contributed by atoms with Crippen LogP contribution in [0.5, 0.6) is 0 Å². The number of carbonyl (C=O) groups excluding carboxylic acids is 1. The number of ketones is 1. The van der Waals surface area contributed by atoms with Gasteiger partial charge in [0, 0.05) is 15.6 Å². The standard InChI is InChI=1S/C21H14BrN3O2/c22-17-7-3-15(4-8-17)20-14-23-24-25(20)18-9-5-16(6-10-18)21(26)12-11-19-2-1-13-27-19/h1-14H/b12-11+. The molecule has 0 aliphatic heterocycles. The van der Waals surface area contributed by atoms with Crippen LogP contribution in [0.2, 0.25) is 0 Å². The lowest BCUT2D eigenvalue weighted by atomic mass is 10.1. The van der Waals surface area contributed by atoms with Gasteiger partial charge in [0.2, 0.25) is 0 Å². The van der Waals surface area contributed by atoms with Gasteiger partial charge in [-0.25, -0.2) is 4.68 Å². The van der Waals surface area contributed by atoms with Crippen LogP contribution in [-0.4, -0.2) is 20.8 Å². The van der Waals surface area contributed by atoms with Crippen LogP contribution in [0.1, 0.15) is 16.1 Å². The van der Waals surface area contributed by atoms with Crippen LogP contribution in [-0.2, 0) is 0 Å². The minimum atomic E-state index is -0.0929. The second-order valence-corrected chi connectivity index (χ2v) is 6.71. The summed E-state index contributed by atoms with van der Waals surface area (Å²) in [6.07, 6.45) is 6.43. The average molecular weight is 420 g/mol. The molecule has 27 heavy (non-hydrogen) atoms. The van der Waals surface area contributed by atoms with Gasteiger partial charge in [0.1, 0.15) is 5.76 Å². The van der Waals surface area contributed by atoms with Crippen molar-refractivity contribution >= 4 is 27.8 Å². The number of hydrogen-bond acceptors (Lipinski definition) is 4. The first-order valence-corrected chi connectivity index (χ1v) is 9.03. The molecule has 0 aliphatic carbocycles. The Morgan fingerprint density at radius 1 is 1.04 bits per heavy atom. The first kappa shape index (κ1) is 17.2. The van der Waals surface area contributed by atoms with E-state index in [2.05, 4.69) is 26.2 Å². The SMILES string of the molecule is O=C(/C=C/c1ccco1)c1ccc(-n2nncc2-c2ccc(Br)cc2)cc1. The van der Waals surface area contributed by atoms with Gasteiger partial charge in [-0.2, -0.15) is 0 Å². The Morgan fingerprint density at radius 2 is 1.81 bits per heavy atom. The molecule has 0 saturated heterocycles. The molecular formula is C21H14BrN3O2. The lowest BCUT2D eigenvalue weighted by molar-refractivity contribution is 0.104. The number of benzene rings is 2. The van der Waals surface area contributed by atoms with E-state index >= 15 is 0 Å². The van der Waals surface area contributed by atoms with E-state index in [1.807, 2.05) is 36.4 Å². The number of nitrogens with zero attached hydrogens (tertiary/aromatic N) is 3. The molecule has 132 valence electrons. The van der Waals surface area contributed by atoms with E-state index in [4.69, 9.17) is 4.42 Å². The monoisotopic (exact) mass is 419 g/mol. The number of furan rings is 1. The van der Waals surface area contributed by atoms with Gasteiger partial charge < -0.3 is 4.42 Å². The highest BCUT2D eigenvalue weighted by atomic mass is 79.9. The fourth-order valence-electron chi connectivity index (χ4n) is 2.65. The van der Waals surface area contributed by atoms with Crippen molar-refractivity contribution < 1.29 is 9.21 Å². The molecular weight excluding hydrogens is 406 g/mol. The van der Waals surface area contributed by atoms with E-state index in [0.717, 1.165) is 21.4 Å². The Hall–Kier alpha value is -3.25. The number of hydrogen-bond donors (Lipinski definition) is 0. The summed E-state index contributed by atoms with van der Waals surface area (Å²) in [4.78, 5) is 12.3. The minimum absolute atomic E-state index is 0.0929. The van der Waals surface area contributed by atoms with Gasteiger partial charge in [-0.05, 0) is 60.7 Å². The Bertz CT molecular complexity index is 1080. The lowest BCUT2D eigenvalue weighted by Crippen LogP contribution is -2.01. The van der Waals surface area contributed by atoms with Crippen LogP contribution in [0, 0.1) is 0 Å². The molecule has 0 bridgehead atoms. The van der Waals surface area contributed by atoms with E-state index in [9.17, 15) is 4.79 Å². The molecule has 0 atom stereocenters. The molecule has 2 aromatic carbocycles. The quantitative estimate of drug-likeness (QED) is 0.330. The Morgan fingerprint density at radius 3 is 2.52 bits per heavy atom. The smallest absolute Gasteiger partial charge is 0.185 e. The summed E-state index contributed by atoms with van der Waals surface area (Å²) in [5.74, 6) is 0.548. The van der Waals surface area contributed by atoms with Crippen LogP contribution >= 0.6 is 15.9 Å². The summed E-state index contributed by atoms with van der Waals surface area (Å²) in [5.41, 5.74) is 3.30. The van der Waals surface area contributed by atoms with Gasteiger partial charge >= 0.3 is 0 Å². The molecule has 4 rings (SSSR count). The van der Waals surface area contributed by atoms with E-state index in [1.165, 1.54) is 6.08 Å². The highest BCUT2D eigenvalue weighted by Gasteiger charge is 2.10. The maximum absolute atomic E-state index is 12.3. The topological polar surface area (TPSA) is 60.9 Å². The van der Waals surface area contributed by atoms with E-state index < -0.39 is 0 Å². The van der Waals surface area contributed by atoms with Crippen LogP contribution in [0.25, 0.3) is 23.0 Å². The molecule has 0 unspecified atom stereocenters. The van der Waals surface area contributed by atoms with Gasteiger partial charge in [0.15, 0.2) is 5.78 Å². The zero-order valence-corrected chi connectivity index (χ0v) is 15.7. The van der Waals surface area contributed by atoms with Crippen molar-refractivity contribution in [1.29, 1.82) is 0 Å².